The van der Waals surface area contributed by atoms with Crippen LogP contribution in [0.3, 0.4) is 0 Å². The summed E-state index contributed by atoms with van der Waals surface area (Å²) < 4.78 is 12.1. The Morgan fingerprint density at radius 1 is 1.20 bits per heavy atom. The van der Waals surface area contributed by atoms with Crippen LogP contribution >= 0.6 is 15.9 Å². The Morgan fingerprint density at radius 2 is 1.95 bits per heavy atom. The summed E-state index contributed by atoms with van der Waals surface area (Å²) in [6.07, 6.45) is 2.39. The minimum Gasteiger partial charge on any atom is -0.490 e. The second-order valence-electron chi connectivity index (χ2n) is 3.99. The van der Waals surface area contributed by atoms with E-state index in [2.05, 4.69) is 38.1 Å². The molecule has 0 saturated carbocycles. The first-order chi connectivity index (χ1) is 9.76. The quantitative estimate of drug-likeness (QED) is 0.867. The highest BCUT2D eigenvalue weighted by atomic mass is 79.9. The number of para-hydroxylation sites is 2. The van der Waals surface area contributed by atoms with Gasteiger partial charge >= 0.3 is 0 Å². The van der Waals surface area contributed by atoms with Crippen molar-refractivity contribution >= 4 is 21.7 Å². The molecule has 0 fully saturated rings. The van der Waals surface area contributed by atoms with Gasteiger partial charge in [-0.1, -0.05) is 19.1 Å². The minimum absolute atomic E-state index is 0.442. The summed E-state index contributed by atoms with van der Waals surface area (Å²) in [7, 11) is 1.79. The summed E-state index contributed by atoms with van der Waals surface area (Å²) in [5, 5.41) is 2.96. The molecule has 6 heteroatoms. The highest BCUT2D eigenvalue weighted by molar-refractivity contribution is 9.10. The van der Waals surface area contributed by atoms with Gasteiger partial charge in [-0.15, -0.1) is 0 Å². The third-order valence-electron chi connectivity index (χ3n) is 2.51. The Hall–Kier alpha value is -1.82. The molecule has 0 spiro atoms. The van der Waals surface area contributed by atoms with Crippen molar-refractivity contribution in [1.29, 1.82) is 0 Å². The van der Waals surface area contributed by atoms with Gasteiger partial charge in [-0.3, -0.25) is 0 Å². The van der Waals surface area contributed by atoms with Crippen molar-refractivity contribution in [2.45, 2.75) is 13.3 Å². The number of hydrogen-bond acceptors (Lipinski definition) is 5. The minimum atomic E-state index is 0.442. The maximum Gasteiger partial charge on any atom is 0.239 e. The van der Waals surface area contributed by atoms with Crippen molar-refractivity contribution < 1.29 is 9.47 Å². The van der Waals surface area contributed by atoms with Gasteiger partial charge in [0, 0.05) is 7.05 Å². The number of aromatic nitrogens is 2. The number of rotatable bonds is 6. The van der Waals surface area contributed by atoms with Crippen LogP contribution in [0.15, 0.2) is 35.1 Å². The smallest absolute Gasteiger partial charge is 0.239 e. The van der Waals surface area contributed by atoms with Crippen LogP contribution < -0.4 is 14.8 Å². The van der Waals surface area contributed by atoms with Crippen molar-refractivity contribution in [2.24, 2.45) is 0 Å². The van der Waals surface area contributed by atoms with E-state index in [1.165, 1.54) is 6.33 Å². The fourth-order valence-electron chi connectivity index (χ4n) is 1.57. The molecule has 2 aromatic rings. The van der Waals surface area contributed by atoms with Crippen LogP contribution in [-0.4, -0.2) is 23.6 Å². The average molecular weight is 338 g/mol. The Morgan fingerprint density at radius 3 is 2.65 bits per heavy atom. The largest absolute Gasteiger partial charge is 0.490 e. The van der Waals surface area contributed by atoms with E-state index in [4.69, 9.17) is 9.47 Å². The fourth-order valence-corrected chi connectivity index (χ4v) is 2.05. The molecule has 0 unspecified atom stereocenters. The summed E-state index contributed by atoms with van der Waals surface area (Å²) in [6, 6.07) is 7.52. The first-order valence-electron chi connectivity index (χ1n) is 6.34. The molecule has 0 aliphatic rings. The molecule has 0 aliphatic carbocycles. The van der Waals surface area contributed by atoms with Crippen molar-refractivity contribution in [3.63, 3.8) is 0 Å². The van der Waals surface area contributed by atoms with Crippen LogP contribution in [0.1, 0.15) is 13.3 Å². The molecular weight excluding hydrogens is 322 g/mol. The highest BCUT2D eigenvalue weighted by Gasteiger charge is 2.12. The summed E-state index contributed by atoms with van der Waals surface area (Å²) >= 11 is 3.42. The van der Waals surface area contributed by atoms with Gasteiger partial charge in [-0.2, -0.15) is 0 Å². The topological polar surface area (TPSA) is 56.3 Å². The summed E-state index contributed by atoms with van der Waals surface area (Å²) in [4.78, 5) is 8.22. The van der Waals surface area contributed by atoms with E-state index in [-0.39, 0.29) is 0 Å². The molecule has 0 radical (unpaired) electrons. The van der Waals surface area contributed by atoms with Crippen LogP contribution in [0, 0.1) is 0 Å². The Labute approximate surface area is 126 Å². The van der Waals surface area contributed by atoms with E-state index in [0.29, 0.717) is 34.3 Å². The molecule has 0 bridgehead atoms. The van der Waals surface area contributed by atoms with Gasteiger partial charge in [-0.05, 0) is 34.5 Å². The lowest BCUT2D eigenvalue weighted by Gasteiger charge is -2.12. The fraction of sp³-hybridized carbons (Fsp3) is 0.286. The predicted molar refractivity (Wildman–Crippen MR) is 81.6 cm³/mol. The molecule has 106 valence electrons. The average Bonchev–Trinajstić information content (AvgIpc) is 2.48. The Kier molecular flexibility index (Phi) is 5.17. The lowest BCUT2D eigenvalue weighted by Crippen LogP contribution is -2.00. The molecule has 2 rings (SSSR count). The van der Waals surface area contributed by atoms with Gasteiger partial charge < -0.3 is 14.8 Å². The molecule has 0 saturated heterocycles. The van der Waals surface area contributed by atoms with Crippen molar-refractivity contribution in [3.8, 4) is 17.4 Å². The number of benzene rings is 1. The third kappa shape index (κ3) is 3.39. The lowest BCUT2D eigenvalue weighted by atomic mass is 10.3. The van der Waals surface area contributed by atoms with E-state index >= 15 is 0 Å². The molecule has 0 aliphatic heterocycles. The number of nitrogens with zero attached hydrogens (tertiary/aromatic N) is 2. The second-order valence-corrected chi connectivity index (χ2v) is 4.78. The van der Waals surface area contributed by atoms with Crippen LogP contribution in [0.5, 0.6) is 17.4 Å². The number of ether oxygens (including phenoxy) is 2. The lowest BCUT2D eigenvalue weighted by molar-refractivity contribution is 0.300. The van der Waals surface area contributed by atoms with Crippen molar-refractivity contribution in [3.05, 3.63) is 35.1 Å². The molecule has 1 heterocycles. The standard InChI is InChI=1S/C14H16BrN3O2/c1-3-8-19-10-6-4-5-7-11(10)20-14-12(15)13(16-2)17-9-18-14/h4-7,9H,3,8H2,1-2H3,(H,16,17,18). The highest BCUT2D eigenvalue weighted by Crippen LogP contribution is 2.35. The maximum absolute atomic E-state index is 5.82. The van der Waals surface area contributed by atoms with Gasteiger partial charge in [0.15, 0.2) is 11.5 Å². The van der Waals surface area contributed by atoms with Gasteiger partial charge in [0.25, 0.3) is 0 Å². The van der Waals surface area contributed by atoms with Gasteiger partial charge in [0.05, 0.1) is 6.61 Å². The summed E-state index contributed by atoms with van der Waals surface area (Å²) in [5.41, 5.74) is 0. The molecule has 20 heavy (non-hydrogen) atoms. The van der Waals surface area contributed by atoms with Crippen LogP contribution in [0.25, 0.3) is 0 Å². The normalized spacial score (nSPS) is 10.2. The van der Waals surface area contributed by atoms with E-state index in [1.54, 1.807) is 7.05 Å². The number of hydrogen-bond donors (Lipinski definition) is 1. The first kappa shape index (κ1) is 14.6. The van der Waals surface area contributed by atoms with Crippen molar-refractivity contribution in [1.82, 2.24) is 9.97 Å². The van der Waals surface area contributed by atoms with E-state index in [9.17, 15) is 0 Å². The molecule has 1 N–H and O–H groups in total. The van der Waals surface area contributed by atoms with E-state index in [1.807, 2.05) is 24.3 Å². The monoisotopic (exact) mass is 337 g/mol. The zero-order chi connectivity index (χ0) is 14.4. The van der Waals surface area contributed by atoms with Crippen LogP contribution in [0.4, 0.5) is 5.82 Å². The predicted octanol–water partition coefficient (Wildman–Crippen LogP) is 3.86. The zero-order valence-corrected chi connectivity index (χ0v) is 13.0. The first-order valence-corrected chi connectivity index (χ1v) is 7.13. The number of anilines is 1. The third-order valence-corrected chi connectivity index (χ3v) is 3.23. The zero-order valence-electron chi connectivity index (χ0n) is 11.4. The molecule has 0 amide bonds. The molecule has 1 aromatic carbocycles. The van der Waals surface area contributed by atoms with Crippen molar-refractivity contribution in [2.75, 3.05) is 19.0 Å². The Bertz CT molecular complexity index is 578. The number of halogens is 1. The van der Waals surface area contributed by atoms with E-state index in [0.717, 1.165) is 6.42 Å². The van der Waals surface area contributed by atoms with Crippen LogP contribution in [0.2, 0.25) is 0 Å². The van der Waals surface area contributed by atoms with Gasteiger partial charge in [0.1, 0.15) is 16.6 Å². The van der Waals surface area contributed by atoms with E-state index < -0.39 is 0 Å². The molecule has 5 nitrogen and oxygen atoms in total. The molecular formula is C14H16BrN3O2. The summed E-state index contributed by atoms with van der Waals surface area (Å²) in [6.45, 7) is 2.71. The van der Waals surface area contributed by atoms with Gasteiger partial charge in [0.2, 0.25) is 5.88 Å². The Balaban J connectivity index is 2.26. The molecule has 0 atom stereocenters. The maximum atomic E-state index is 5.82. The van der Waals surface area contributed by atoms with Gasteiger partial charge in [-0.25, -0.2) is 9.97 Å². The SMILES string of the molecule is CCCOc1ccccc1Oc1ncnc(NC)c1Br. The van der Waals surface area contributed by atoms with Crippen LogP contribution in [-0.2, 0) is 0 Å². The summed E-state index contributed by atoms with van der Waals surface area (Å²) in [5.74, 6) is 2.44. The second kappa shape index (κ2) is 7.09. The number of nitrogens with one attached hydrogen (secondary N) is 1. The molecule has 1 aromatic heterocycles.